The Kier molecular flexibility index (Phi) is 5.24. The van der Waals surface area contributed by atoms with Crippen molar-refractivity contribution in [2.24, 2.45) is 0 Å². The van der Waals surface area contributed by atoms with Crippen LogP contribution < -0.4 is 4.74 Å². The molecule has 2 aromatic carbocycles. The molecule has 0 spiro atoms. The molecule has 2 heterocycles. The summed E-state index contributed by atoms with van der Waals surface area (Å²) in [7, 11) is -2.40. The molecule has 1 aliphatic heterocycles. The van der Waals surface area contributed by atoms with Crippen LogP contribution in [0.2, 0.25) is 5.02 Å². The van der Waals surface area contributed by atoms with Gasteiger partial charge >= 0.3 is 0 Å². The molecule has 0 unspecified atom stereocenters. The van der Waals surface area contributed by atoms with E-state index in [0.29, 0.717) is 22.8 Å². The van der Waals surface area contributed by atoms with E-state index in [1.165, 1.54) is 35.7 Å². The molecule has 0 aliphatic carbocycles. The van der Waals surface area contributed by atoms with Gasteiger partial charge in [-0.2, -0.15) is 4.31 Å². The third-order valence-electron chi connectivity index (χ3n) is 4.74. The summed E-state index contributed by atoms with van der Waals surface area (Å²) in [5, 5.41) is 0.314. The Bertz CT molecular complexity index is 1170. The van der Waals surface area contributed by atoms with Crippen molar-refractivity contribution >= 4 is 21.6 Å². The number of rotatable bonds is 4. The highest BCUT2D eigenvalue weighted by Crippen LogP contribution is 2.32. The predicted octanol–water partition coefficient (Wildman–Crippen LogP) is 3.69. The number of hydrogen-bond donors (Lipinski definition) is 0. The molecule has 6 nitrogen and oxygen atoms in total. The van der Waals surface area contributed by atoms with Crippen LogP contribution in [0.25, 0.3) is 11.4 Å². The van der Waals surface area contributed by atoms with Gasteiger partial charge in [-0.3, -0.25) is 0 Å². The topological polar surface area (TPSA) is 72.4 Å². The SMILES string of the molecule is COc1ccc(Cl)cc1S(=O)(=O)N1CCc2nc(-c3ccc(F)cc3)ncc2C1. The first-order chi connectivity index (χ1) is 13.9. The number of halogens is 2. The first-order valence-electron chi connectivity index (χ1n) is 8.83. The maximum absolute atomic E-state index is 13.2. The van der Waals surface area contributed by atoms with Gasteiger partial charge in [0.2, 0.25) is 10.0 Å². The van der Waals surface area contributed by atoms with Gasteiger partial charge in [0.1, 0.15) is 16.5 Å². The number of nitrogens with zero attached hydrogens (tertiary/aromatic N) is 3. The first kappa shape index (κ1) is 19.8. The summed E-state index contributed by atoms with van der Waals surface area (Å²) in [5.41, 5.74) is 2.21. The Hall–Kier alpha value is -2.55. The van der Waals surface area contributed by atoms with Crippen molar-refractivity contribution < 1.29 is 17.5 Å². The van der Waals surface area contributed by atoms with Gasteiger partial charge in [-0.05, 0) is 42.5 Å². The van der Waals surface area contributed by atoms with Gasteiger partial charge < -0.3 is 4.74 Å². The predicted molar refractivity (Wildman–Crippen MR) is 107 cm³/mol. The lowest BCUT2D eigenvalue weighted by molar-refractivity contribution is 0.375. The van der Waals surface area contributed by atoms with Crippen molar-refractivity contribution in [2.45, 2.75) is 17.9 Å². The van der Waals surface area contributed by atoms with Crippen molar-refractivity contribution in [3.63, 3.8) is 0 Å². The Labute approximate surface area is 173 Å². The number of methoxy groups -OCH3 is 1. The molecule has 9 heteroatoms. The Morgan fingerprint density at radius 2 is 1.93 bits per heavy atom. The van der Waals surface area contributed by atoms with Crippen molar-refractivity contribution in [3.8, 4) is 17.1 Å². The van der Waals surface area contributed by atoms with Crippen molar-refractivity contribution in [2.75, 3.05) is 13.7 Å². The van der Waals surface area contributed by atoms with Crippen LogP contribution in [0.1, 0.15) is 11.3 Å². The number of ether oxygens (including phenoxy) is 1. The van der Waals surface area contributed by atoms with Gasteiger partial charge in [-0.25, -0.2) is 22.8 Å². The van der Waals surface area contributed by atoms with Crippen molar-refractivity contribution in [3.05, 3.63) is 70.8 Å². The molecule has 0 N–H and O–H groups in total. The second kappa shape index (κ2) is 7.70. The minimum absolute atomic E-state index is 0.0276. The Balaban J connectivity index is 1.64. The lowest BCUT2D eigenvalue weighted by Gasteiger charge is -2.28. The Morgan fingerprint density at radius 3 is 2.66 bits per heavy atom. The number of hydrogen-bond acceptors (Lipinski definition) is 5. The van der Waals surface area contributed by atoms with Crippen LogP contribution >= 0.6 is 11.6 Å². The molecule has 0 saturated carbocycles. The van der Waals surface area contributed by atoms with Gasteiger partial charge in [0.25, 0.3) is 0 Å². The number of benzene rings is 2. The van der Waals surface area contributed by atoms with Gasteiger partial charge in [-0.1, -0.05) is 11.6 Å². The molecule has 4 rings (SSSR count). The van der Waals surface area contributed by atoms with E-state index < -0.39 is 10.0 Å². The molecule has 0 atom stereocenters. The van der Waals surface area contributed by atoms with E-state index in [0.717, 1.165) is 11.3 Å². The number of sulfonamides is 1. The highest BCUT2D eigenvalue weighted by Gasteiger charge is 2.31. The summed E-state index contributed by atoms with van der Waals surface area (Å²) in [6.07, 6.45) is 2.06. The van der Waals surface area contributed by atoms with E-state index in [9.17, 15) is 12.8 Å². The van der Waals surface area contributed by atoms with Gasteiger partial charge in [0, 0.05) is 41.9 Å². The third kappa shape index (κ3) is 3.83. The fourth-order valence-corrected chi connectivity index (χ4v) is 5.06. The van der Waals surface area contributed by atoms with Crippen LogP contribution in [0.4, 0.5) is 4.39 Å². The van der Waals surface area contributed by atoms with E-state index in [1.54, 1.807) is 24.4 Å². The van der Waals surface area contributed by atoms with Crippen LogP contribution in [0.5, 0.6) is 5.75 Å². The van der Waals surface area contributed by atoms with Gasteiger partial charge in [0.05, 0.1) is 12.8 Å². The first-order valence-corrected chi connectivity index (χ1v) is 10.6. The van der Waals surface area contributed by atoms with Crippen LogP contribution in [0.3, 0.4) is 0 Å². The number of aromatic nitrogens is 2. The minimum Gasteiger partial charge on any atom is -0.495 e. The van der Waals surface area contributed by atoms with Crippen molar-refractivity contribution in [1.29, 1.82) is 0 Å². The van der Waals surface area contributed by atoms with E-state index in [4.69, 9.17) is 16.3 Å². The van der Waals surface area contributed by atoms with Gasteiger partial charge in [-0.15, -0.1) is 0 Å². The zero-order valence-corrected chi connectivity index (χ0v) is 17.0. The van der Waals surface area contributed by atoms with Crippen LogP contribution in [-0.2, 0) is 23.0 Å². The summed E-state index contributed by atoms with van der Waals surface area (Å²) in [4.78, 5) is 8.91. The molecule has 0 amide bonds. The summed E-state index contributed by atoms with van der Waals surface area (Å²) in [5.74, 6) is 0.392. The molecular formula is C20H17ClFN3O3S. The molecule has 150 valence electrons. The zero-order valence-electron chi connectivity index (χ0n) is 15.5. The quantitative estimate of drug-likeness (QED) is 0.627. The van der Waals surface area contributed by atoms with Crippen LogP contribution in [0, 0.1) is 5.82 Å². The lowest BCUT2D eigenvalue weighted by Crippen LogP contribution is -2.36. The second-order valence-corrected chi connectivity index (χ2v) is 8.90. The molecular weight excluding hydrogens is 417 g/mol. The van der Waals surface area contributed by atoms with E-state index in [1.807, 2.05) is 0 Å². The molecule has 29 heavy (non-hydrogen) atoms. The van der Waals surface area contributed by atoms with Crippen molar-refractivity contribution in [1.82, 2.24) is 14.3 Å². The maximum atomic E-state index is 13.2. The maximum Gasteiger partial charge on any atom is 0.247 e. The van der Waals surface area contributed by atoms with Crippen LogP contribution in [0.15, 0.2) is 53.6 Å². The van der Waals surface area contributed by atoms with E-state index in [2.05, 4.69) is 9.97 Å². The summed E-state index contributed by atoms with van der Waals surface area (Å²) in [6.45, 7) is 0.419. The third-order valence-corrected chi connectivity index (χ3v) is 6.85. The van der Waals surface area contributed by atoms with E-state index in [-0.39, 0.29) is 29.6 Å². The van der Waals surface area contributed by atoms with Crippen LogP contribution in [-0.4, -0.2) is 36.3 Å². The lowest BCUT2D eigenvalue weighted by atomic mass is 10.1. The fraction of sp³-hybridized carbons (Fsp3) is 0.200. The standard InChI is InChI=1S/C20H17ClFN3O3S/c1-28-18-7-4-15(21)10-19(18)29(26,27)25-9-8-17-14(12-25)11-23-20(24-17)13-2-5-16(22)6-3-13/h2-7,10-11H,8-9,12H2,1H3. The molecule has 0 fully saturated rings. The largest absolute Gasteiger partial charge is 0.495 e. The summed E-state index contributed by atoms with van der Waals surface area (Å²) in [6, 6.07) is 10.4. The average molecular weight is 434 g/mol. The molecule has 0 radical (unpaired) electrons. The molecule has 3 aromatic rings. The molecule has 1 aliphatic rings. The Morgan fingerprint density at radius 1 is 1.17 bits per heavy atom. The highest BCUT2D eigenvalue weighted by molar-refractivity contribution is 7.89. The second-order valence-electron chi connectivity index (χ2n) is 6.56. The normalized spacial score (nSPS) is 14.4. The summed E-state index contributed by atoms with van der Waals surface area (Å²) < 4.78 is 46.0. The highest BCUT2D eigenvalue weighted by atomic mass is 35.5. The summed E-state index contributed by atoms with van der Waals surface area (Å²) >= 11 is 6.00. The molecule has 0 bridgehead atoms. The zero-order chi connectivity index (χ0) is 20.6. The minimum atomic E-state index is -3.81. The molecule has 1 aromatic heterocycles. The van der Waals surface area contributed by atoms with Gasteiger partial charge in [0.15, 0.2) is 5.82 Å². The monoisotopic (exact) mass is 433 g/mol. The smallest absolute Gasteiger partial charge is 0.247 e. The van der Waals surface area contributed by atoms with E-state index >= 15 is 0 Å². The number of fused-ring (bicyclic) bond motifs is 1. The average Bonchev–Trinajstić information content (AvgIpc) is 2.73. The fourth-order valence-electron chi connectivity index (χ4n) is 3.22. The molecule has 0 saturated heterocycles.